The molecule has 23 heavy (non-hydrogen) atoms. The SMILES string of the molecule is O=C1C=C(NNC(=O)c2cccc(Cl)c2)C[C@H](c2ccco2)C1. The van der Waals surface area contributed by atoms with Crippen molar-refractivity contribution in [1.29, 1.82) is 0 Å². The van der Waals surface area contributed by atoms with Gasteiger partial charge in [0.1, 0.15) is 5.76 Å². The fourth-order valence-electron chi connectivity index (χ4n) is 2.54. The normalized spacial score (nSPS) is 17.5. The summed E-state index contributed by atoms with van der Waals surface area (Å²) in [5, 5.41) is 0.489. The summed E-state index contributed by atoms with van der Waals surface area (Å²) in [6, 6.07) is 10.3. The van der Waals surface area contributed by atoms with Gasteiger partial charge in [0.05, 0.1) is 6.26 Å². The molecule has 0 saturated carbocycles. The highest BCUT2D eigenvalue weighted by atomic mass is 35.5. The lowest BCUT2D eigenvalue weighted by Gasteiger charge is -2.21. The topological polar surface area (TPSA) is 71.3 Å². The Balaban J connectivity index is 1.63. The van der Waals surface area contributed by atoms with E-state index in [0.29, 0.717) is 29.1 Å². The Labute approximate surface area is 138 Å². The smallest absolute Gasteiger partial charge is 0.269 e. The molecule has 3 rings (SSSR count). The summed E-state index contributed by atoms with van der Waals surface area (Å²) in [4.78, 5) is 23.9. The van der Waals surface area contributed by atoms with Gasteiger partial charge in [-0.1, -0.05) is 17.7 Å². The first-order valence-electron chi connectivity index (χ1n) is 7.20. The van der Waals surface area contributed by atoms with Crippen molar-refractivity contribution in [3.63, 3.8) is 0 Å². The molecule has 0 aliphatic heterocycles. The lowest BCUT2D eigenvalue weighted by Crippen LogP contribution is -2.38. The van der Waals surface area contributed by atoms with E-state index in [-0.39, 0.29) is 17.6 Å². The first-order chi connectivity index (χ1) is 11.1. The molecule has 1 atom stereocenters. The first kappa shape index (κ1) is 15.4. The van der Waals surface area contributed by atoms with Crippen LogP contribution in [0.3, 0.4) is 0 Å². The van der Waals surface area contributed by atoms with Gasteiger partial charge in [-0.15, -0.1) is 0 Å². The maximum absolute atomic E-state index is 12.1. The van der Waals surface area contributed by atoms with Crippen LogP contribution >= 0.6 is 11.6 Å². The number of rotatable bonds is 4. The lowest BCUT2D eigenvalue weighted by molar-refractivity contribution is -0.115. The van der Waals surface area contributed by atoms with Gasteiger partial charge >= 0.3 is 0 Å². The molecule has 0 radical (unpaired) electrons. The van der Waals surface area contributed by atoms with Gasteiger partial charge in [-0.05, 0) is 36.8 Å². The number of hydrogen-bond donors (Lipinski definition) is 2. The molecule has 1 aliphatic rings. The molecular weight excluding hydrogens is 316 g/mol. The average Bonchev–Trinajstić information content (AvgIpc) is 3.06. The standard InChI is InChI=1S/C17H15ClN2O3/c18-13-4-1-3-11(7-13)17(22)20-19-14-8-12(9-15(21)10-14)16-5-2-6-23-16/h1-7,10,12,19H,8-9H2,(H,20,22)/t12-/m0/s1. The average molecular weight is 331 g/mol. The molecule has 6 heteroatoms. The summed E-state index contributed by atoms with van der Waals surface area (Å²) in [6.45, 7) is 0. The van der Waals surface area contributed by atoms with Gasteiger partial charge in [-0.2, -0.15) is 0 Å². The maximum Gasteiger partial charge on any atom is 0.269 e. The number of carbonyl (C=O) groups is 2. The van der Waals surface area contributed by atoms with Crippen molar-refractivity contribution in [3.8, 4) is 0 Å². The van der Waals surface area contributed by atoms with Crippen molar-refractivity contribution in [1.82, 2.24) is 10.9 Å². The maximum atomic E-state index is 12.1. The fraction of sp³-hybridized carbons (Fsp3) is 0.176. The monoisotopic (exact) mass is 330 g/mol. The van der Waals surface area contributed by atoms with E-state index in [9.17, 15) is 9.59 Å². The largest absolute Gasteiger partial charge is 0.469 e. The third-order valence-corrected chi connectivity index (χ3v) is 3.85. The second kappa shape index (κ2) is 6.71. The molecular formula is C17H15ClN2O3. The highest BCUT2D eigenvalue weighted by molar-refractivity contribution is 6.30. The summed E-state index contributed by atoms with van der Waals surface area (Å²) in [5.41, 5.74) is 6.49. The molecule has 2 N–H and O–H groups in total. The van der Waals surface area contributed by atoms with Crippen LogP contribution in [-0.2, 0) is 4.79 Å². The Morgan fingerprint density at radius 2 is 2.09 bits per heavy atom. The van der Waals surface area contributed by atoms with Crippen LogP contribution in [0.4, 0.5) is 0 Å². The zero-order valence-electron chi connectivity index (χ0n) is 12.2. The minimum atomic E-state index is -0.319. The quantitative estimate of drug-likeness (QED) is 0.844. The molecule has 5 nitrogen and oxygen atoms in total. The van der Waals surface area contributed by atoms with Gasteiger partial charge in [0.2, 0.25) is 0 Å². The number of furan rings is 1. The van der Waals surface area contributed by atoms with E-state index in [1.54, 1.807) is 36.6 Å². The number of hydrazine groups is 1. The Morgan fingerprint density at radius 3 is 2.83 bits per heavy atom. The highest BCUT2D eigenvalue weighted by Gasteiger charge is 2.24. The van der Waals surface area contributed by atoms with Crippen molar-refractivity contribution < 1.29 is 14.0 Å². The first-order valence-corrected chi connectivity index (χ1v) is 7.58. The zero-order valence-corrected chi connectivity index (χ0v) is 13.0. The van der Waals surface area contributed by atoms with Crippen molar-refractivity contribution >= 4 is 23.3 Å². The number of allylic oxidation sites excluding steroid dienone is 2. The van der Waals surface area contributed by atoms with Crippen LogP contribution in [0.15, 0.2) is 58.9 Å². The van der Waals surface area contributed by atoms with E-state index in [1.807, 2.05) is 6.07 Å². The van der Waals surface area contributed by atoms with Gasteiger partial charge < -0.3 is 9.84 Å². The van der Waals surface area contributed by atoms with Crippen molar-refractivity contribution in [3.05, 3.63) is 70.8 Å². The summed E-state index contributed by atoms with van der Waals surface area (Å²) >= 11 is 5.87. The minimum Gasteiger partial charge on any atom is -0.469 e. The van der Waals surface area contributed by atoms with Crippen LogP contribution in [0.1, 0.15) is 34.9 Å². The van der Waals surface area contributed by atoms with Crippen LogP contribution in [0.25, 0.3) is 0 Å². The summed E-state index contributed by atoms with van der Waals surface area (Å²) in [6.07, 6.45) is 4.10. The van der Waals surface area contributed by atoms with Crippen LogP contribution in [-0.4, -0.2) is 11.7 Å². The van der Waals surface area contributed by atoms with E-state index < -0.39 is 0 Å². The van der Waals surface area contributed by atoms with Crippen LogP contribution < -0.4 is 10.9 Å². The number of ketones is 1. The minimum absolute atomic E-state index is 0.00263. The molecule has 1 heterocycles. The predicted molar refractivity (Wildman–Crippen MR) is 85.8 cm³/mol. The Hall–Kier alpha value is -2.53. The number of benzene rings is 1. The molecule has 1 aromatic carbocycles. The predicted octanol–water partition coefficient (Wildman–Crippen LogP) is 3.20. The Kier molecular flexibility index (Phi) is 4.48. The summed E-state index contributed by atoms with van der Waals surface area (Å²) in [7, 11) is 0. The van der Waals surface area contributed by atoms with Gasteiger partial charge in [-0.25, -0.2) is 0 Å². The second-order valence-electron chi connectivity index (χ2n) is 5.35. The molecule has 1 amide bonds. The third-order valence-electron chi connectivity index (χ3n) is 3.62. The van der Waals surface area contributed by atoms with Crippen LogP contribution in [0.2, 0.25) is 5.02 Å². The fourth-order valence-corrected chi connectivity index (χ4v) is 2.73. The van der Waals surface area contributed by atoms with Gasteiger partial charge in [0, 0.05) is 34.7 Å². The zero-order chi connectivity index (χ0) is 16.2. The lowest BCUT2D eigenvalue weighted by atomic mass is 9.89. The van der Waals surface area contributed by atoms with Gasteiger partial charge in [0.25, 0.3) is 5.91 Å². The molecule has 1 aliphatic carbocycles. The van der Waals surface area contributed by atoms with Gasteiger partial charge in [0.15, 0.2) is 5.78 Å². The number of amides is 1. The molecule has 1 aromatic heterocycles. The number of hydrogen-bond acceptors (Lipinski definition) is 4. The van der Waals surface area contributed by atoms with Crippen molar-refractivity contribution in [2.45, 2.75) is 18.8 Å². The Bertz CT molecular complexity index is 753. The number of halogens is 1. The number of carbonyl (C=O) groups excluding carboxylic acids is 2. The van der Waals surface area contributed by atoms with E-state index in [0.717, 1.165) is 5.76 Å². The third kappa shape index (κ3) is 3.81. The van der Waals surface area contributed by atoms with Crippen LogP contribution in [0, 0.1) is 0 Å². The van der Waals surface area contributed by atoms with Crippen molar-refractivity contribution in [2.24, 2.45) is 0 Å². The summed E-state index contributed by atoms with van der Waals surface area (Å²) < 4.78 is 5.37. The van der Waals surface area contributed by atoms with Gasteiger partial charge in [-0.3, -0.25) is 15.0 Å². The molecule has 0 fully saturated rings. The summed E-state index contributed by atoms with van der Waals surface area (Å²) in [5.74, 6) is 0.429. The molecule has 118 valence electrons. The molecule has 0 saturated heterocycles. The van der Waals surface area contributed by atoms with Crippen molar-refractivity contribution in [2.75, 3.05) is 0 Å². The molecule has 0 spiro atoms. The van der Waals surface area contributed by atoms with Crippen LogP contribution in [0.5, 0.6) is 0 Å². The second-order valence-corrected chi connectivity index (χ2v) is 5.78. The molecule has 0 bridgehead atoms. The molecule has 0 unspecified atom stereocenters. The van der Waals surface area contributed by atoms with E-state index >= 15 is 0 Å². The molecule has 2 aromatic rings. The van der Waals surface area contributed by atoms with E-state index in [2.05, 4.69) is 10.9 Å². The number of nitrogens with one attached hydrogen (secondary N) is 2. The van der Waals surface area contributed by atoms with E-state index in [4.69, 9.17) is 16.0 Å². The highest BCUT2D eigenvalue weighted by Crippen LogP contribution is 2.30. The van der Waals surface area contributed by atoms with E-state index in [1.165, 1.54) is 6.08 Å². The Morgan fingerprint density at radius 1 is 1.22 bits per heavy atom.